The Morgan fingerprint density at radius 2 is 1.76 bits per heavy atom. The van der Waals surface area contributed by atoms with E-state index in [0.717, 1.165) is 4.31 Å². The fraction of sp³-hybridized carbons (Fsp3) is 0.400. The van der Waals surface area contributed by atoms with E-state index in [1.165, 1.54) is 12.1 Å². The second-order valence-electron chi connectivity index (χ2n) is 3.31. The summed E-state index contributed by atoms with van der Waals surface area (Å²) in [7, 11) is -3.66. The van der Waals surface area contributed by atoms with Crippen molar-refractivity contribution in [2.24, 2.45) is 0 Å². The molecule has 1 rings (SSSR count). The van der Waals surface area contributed by atoms with Crippen molar-refractivity contribution in [3.05, 3.63) is 28.7 Å². The van der Waals surface area contributed by atoms with Crippen molar-refractivity contribution in [2.75, 3.05) is 26.3 Å². The molecule has 17 heavy (non-hydrogen) atoms. The summed E-state index contributed by atoms with van der Waals surface area (Å²) in [5, 5.41) is 17.7. The van der Waals surface area contributed by atoms with Crippen LogP contribution in [0.5, 0.6) is 0 Å². The van der Waals surface area contributed by atoms with E-state index in [-0.39, 0.29) is 31.2 Å². The predicted octanol–water partition coefficient (Wildman–Crippen LogP) is 0.424. The van der Waals surface area contributed by atoms with Gasteiger partial charge in [0.05, 0.1) is 18.1 Å². The van der Waals surface area contributed by atoms with Gasteiger partial charge in [0.25, 0.3) is 0 Å². The molecule has 0 fully saturated rings. The van der Waals surface area contributed by atoms with Crippen molar-refractivity contribution < 1.29 is 18.6 Å². The molecule has 0 spiro atoms. The minimum absolute atomic E-state index is 0.0323. The largest absolute Gasteiger partial charge is 0.395 e. The summed E-state index contributed by atoms with van der Waals surface area (Å²) in [5.41, 5.74) is 0. The van der Waals surface area contributed by atoms with Crippen LogP contribution in [0, 0.1) is 0 Å². The summed E-state index contributed by atoms with van der Waals surface area (Å²) < 4.78 is 26.0. The Labute approximate surface area is 109 Å². The van der Waals surface area contributed by atoms with E-state index in [1.54, 1.807) is 12.1 Å². The molecule has 0 unspecified atom stereocenters. The van der Waals surface area contributed by atoms with Gasteiger partial charge in [0, 0.05) is 17.6 Å². The van der Waals surface area contributed by atoms with Crippen molar-refractivity contribution in [1.29, 1.82) is 0 Å². The van der Waals surface area contributed by atoms with Crippen LogP contribution < -0.4 is 0 Å². The monoisotopic (exact) mass is 323 g/mol. The molecule has 0 amide bonds. The van der Waals surface area contributed by atoms with Gasteiger partial charge in [-0.2, -0.15) is 4.31 Å². The van der Waals surface area contributed by atoms with Gasteiger partial charge in [0.2, 0.25) is 10.0 Å². The van der Waals surface area contributed by atoms with Gasteiger partial charge in [-0.05, 0) is 18.2 Å². The molecular formula is C10H14BrNO4S. The molecular weight excluding hydrogens is 310 g/mol. The second kappa shape index (κ2) is 6.46. The molecule has 1 aromatic carbocycles. The summed E-state index contributed by atoms with van der Waals surface area (Å²) in [4.78, 5) is 0.133. The minimum atomic E-state index is -3.66. The number of hydrogen-bond donors (Lipinski definition) is 2. The highest BCUT2D eigenvalue weighted by Crippen LogP contribution is 2.19. The Morgan fingerprint density at radius 3 is 2.24 bits per heavy atom. The molecule has 0 atom stereocenters. The SMILES string of the molecule is O=S(=O)(c1cccc(Br)c1)N(CCO)CCO. The molecule has 0 bridgehead atoms. The van der Waals surface area contributed by atoms with Gasteiger partial charge in [-0.1, -0.05) is 22.0 Å². The lowest BCUT2D eigenvalue weighted by atomic mass is 10.4. The van der Waals surface area contributed by atoms with E-state index in [2.05, 4.69) is 15.9 Å². The fourth-order valence-electron chi connectivity index (χ4n) is 1.35. The van der Waals surface area contributed by atoms with Crippen molar-refractivity contribution in [2.45, 2.75) is 4.90 Å². The van der Waals surface area contributed by atoms with Gasteiger partial charge in [0.1, 0.15) is 0 Å². The van der Waals surface area contributed by atoms with Crippen LogP contribution in [0.4, 0.5) is 0 Å². The number of benzene rings is 1. The van der Waals surface area contributed by atoms with Crippen LogP contribution in [0.3, 0.4) is 0 Å². The number of aliphatic hydroxyl groups is 2. The topological polar surface area (TPSA) is 77.8 Å². The zero-order valence-electron chi connectivity index (χ0n) is 9.08. The molecule has 0 aromatic heterocycles. The van der Waals surface area contributed by atoms with Crippen LogP contribution in [-0.2, 0) is 10.0 Å². The van der Waals surface area contributed by atoms with E-state index >= 15 is 0 Å². The Hall–Kier alpha value is -0.470. The molecule has 2 N–H and O–H groups in total. The first-order valence-corrected chi connectivity index (χ1v) is 7.23. The number of hydrogen-bond acceptors (Lipinski definition) is 4. The molecule has 0 radical (unpaired) electrons. The van der Waals surface area contributed by atoms with Crippen LogP contribution in [0.25, 0.3) is 0 Å². The highest BCUT2D eigenvalue weighted by Gasteiger charge is 2.23. The van der Waals surface area contributed by atoms with Crippen LogP contribution in [0.2, 0.25) is 0 Å². The molecule has 0 aliphatic rings. The quantitative estimate of drug-likeness (QED) is 0.795. The highest BCUT2D eigenvalue weighted by atomic mass is 79.9. The molecule has 0 aliphatic carbocycles. The van der Waals surface area contributed by atoms with E-state index in [4.69, 9.17) is 10.2 Å². The van der Waals surface area contributed by atoms with Crippen LogP contribution >= 0.6 is 15.9 Å². The number of rotatable bonds is 6. The third-order valence-electron chi connectivity index (χ3n) is 2.13. The molecule has 0 heterocycles. The maximum Gasteiger partial charge on any atom is 0.243 e. The summed E-state index contributed by atoms with van der Waals surface area (Å²) in [6.45, 7) is -0.634. The second-order valence-corrected chi connectivity index (χ2v) is 6.16. The Morgan fingerprint density at radius 1 is 1.18 bits per heavy atom. The lowest BCUT2D eigenvalue weighted by Gasteiger charge is -2.20. The van der Waals surface area contributed by atoms with Gasteiger partial charge >= 0.3 is 0 Å². The van der Waals surface area contributed by atoms with Crippen molar-refractivity contribution in [1.82, 2.24) is 4.31 Å². The molecule has 0 saturated carbocycles. The first-order valence-electron chi connectivity index (χ1n) is 5.00. The van der Waals surface area contributed by atoms with Gasteiger partial charge < -0.3 is 10.2 Å². The normalized spacial score (nSPS) is 12.0. The Kier molecular flexibility index (Phi) is 5.54. The summed E-state index contributed by atoms with van der Waals surface area (Å²) in [6, 6.07) is 6.30. The zero-order valence-corrected chi connectivity index (χ0v) is 11.5. The van der Waals surface area contributed by atoms with Gasteiger partial charge in [-0.15, -0.1) is 0 Å². The third-order valence-corrected chi connectivity index (χ3v) is 4.52. The van der Waals surface area contributed by atoms with E-state index in [1.807, 2.05) is 0 Å². The van der Waals surface area contributed by atoms with Crippen LogP contribution in [0.15, 0.2) is 33.6 Å². The Bertz CT molecular complexity index is 457. The Balaban J connectivity index is 3.07. The van der Waals surface area contributed by atoms with E-state index in [0.29, 0.717) is 4.47 Å². The molecule has 5 nitrogen and oxygen atoms in total. The lowest BCUT2D eigenvalue weighted by molar-refractivity contribution is 0.217. The minimum Gasteiger partial charge on any atom is -0.395 e. The van der Waals surface area contributed by atoms with E-state index < -0.39 is 10.0 Å². The predicted molar refractivity (Wildman–Crippen MR) is 67.1 cm³/mol. The van der Waals surface area contributed by atoms with Gasteiger partial charge in [0.15, 0.2) is 0 Å². The van der Waals surface area contributed by atoms with E-state index in [9.17, 15) is 8.42 Å². The third kappa shape index (κ3) is 3.75. The first kappa shape index (κ1) is 14.6. The fourth-order valence-corrected chi connectivity index (χ4v) is 3.37. The van der Waals surface area contributed by atoms with Crippen molar-refractivity contribution >= 4 is 26.0 Å². The molecule has 96 valence electrons. The van der Waals surface area contributed by atoms with Gasteiger partial charge in [-0.3, -0.25) is 0 Å². The maximum absolute atomic E-state index is 12.1. The average Bonchev–Trinajstić information content (AvgIpc) is 2.29. The summed E-state index contributed by atoms with van der Waals surface area (Å²) in [5.74, 6) is 0. The van der Waals surface area contributed by atoms with Crippen LogP contribution in [0.1, 0.15) is 0 Å². The zero-order chi connectivity index (χ0) is 12.9. The first-order chi connectivity index (χ1) is 8.02. The van der Waals surface area contributed by atoms with Gasteiger partial charge in [-0.25, -0.2) is 8.42 Å². The smallest absolute Gasteiger partial charge is 0.243 e. The lowest BCUT2D eigenvalue weighted by Crippen LogP contribution is -2.35. The summed E-state index contributed by atoms with van der Waals surface area (Å²) >= 11 is 3.20. The van der Waals surface area contributed by atoms with Crippen molar-refractivity contribution in [3.63, 3.8) is 0 Å². The number of nitrogens with zero attached hydrogens (tertiary/aromatic N) is 1. The van der Waals surface area contributed by atoms with Crippen LogP contribution in [-0.4, -0.2) is 49.2 Å². The van der Waals surface area contributed by atoms with Crippen molar-refractivity contribution in [3.8, 4) is 0 Å². The standard InChI is InChI=1S/C10H14BrNO4S/c11-9-2-1-3-10(8-9)17(15,16)12(4-6-13)5-7-14/h1-3,8,13-14H,4-7H2. The summed E-state index contributed by atoms with van der Waals surface area (Å²) in [6.07, 6.45) is 0. The maximum atomic E-state index is 12.1. The number of halogens is 1. The average molecular weight is 324 g/mol. The molecule has 7 heteroatoms. The highest BCUT2D eigenvalue weighted by molar-refractivity contribution is 9.10. The number of sulfonamides is 1. The molecule has 0 saturated heterocycles. The number of aliphatic hydroxyl groups excluding tert-OH is 2. The molecule has 0 aliphatic heterocycles. The molecule has 1 aromatic rings.